The molecule has 0 spiro atoms. The van der Waals surface area contributed by atoms with Crippen LogP contribution >= 0.6 is 0 Å². The number of carbonyl (C=O) groups excluding carboxylic acids is 1. The lowest BCUT2D eigenvalue weighted by molar-refractivity contribution is 0.0789. The number of likely N-dealkylation sites (tertiary alicyclic amines) is 1. The first-order valence-corrected chi connectivity index (χ1v) is 6.41. The third kappa shape index (κ3) is 2.44. The zero-order valence-corrected chi connectivity index (χ0v) is 11.1. The molecule has 0 aliphatic carbocycles. The Morgan fingerprint density at radius 1 is 1.60 bits per heavy atom. The number of methoxy groups -OCH3 is 1. The third-order valence-corrected chi connectivity index (χ3v) is 3.36. The molecule has 0 N–H and O–H groups in total. The van der Waals surface area contributed by atoms with E-state index < -0.39 is 0 Å². The van der Waals surface area contributed by atoms with Crippen molar-refractivity contribution in [3.63, 3.8) is 0 Å². The minimum Gasteiger partial charge on any atom is -0.472 e. The van der Waals surface area contributed by atoms with E-state index >= 15 is 0 Å². The van der Waals surface area contributed by atoms with Crippen LogP contribution in [-0.4, -0.2) is 41.1 Å². The van der Waals surface area contributed by atoms with Gasteiger partial charge in [-0.15, -0.1) is 0 Å². The molecule has 1 atom stereocenters. The van der Waals surface area contributed by atoms with E-state index in [0.717, 1.165) is 6.42 Å². The second-order valence-corrected chi connectivity index (χ2v) is 4.73. The predicted octanol–water partition coefficient (Wildman–Crippen LogP) is 1.44. The van der Waals surface area contributed by atoms with E-state index in [2.05, 4.69) is 10.1 Å². The summed E-state index contributed by atoms with van der Waals surface area (Å²) in [6, 6.07) is 1.67. The molecule has 2 aromatic rings. The largest absolute Gasteiger partial charge is 0.472 e. The Labute approximate surface area is 115 Å². The van der Waals surface area contributed by atoms with Crippen LogP contribution in [-0.2, 0) is 11.3 Å². The van der Waals surface area contributed by atoms with Gasteiger partial charge in [0.15, 0.2) is 5.82 Å². The lowest BCUT2D eigenvalue weighted by Gasteiger charge is -2.14. The molecule has 3 heterocycles. The van der Waals surface area contributed by atoms with Crippen molar-refractivity contribution in [3.8, 4) is 0 Å². The fourth-order valence-corrected chi connectivity index (χ4v) is 2.34. The molecule has 0 bridgehead atoms. The summed E-state index contributed by atoms with van der Waals surface area (Å²) in [5, 5.41) is 3.95. The van der Waals surface area contributed by atoms with Crippen LogP contribution in [0.15, 0.2) is 27.5 Å². The number of hydrogen-bond acceptors (Lipinski definition) is 6. The van der Waals surface area contributed by atoms with Gasteiger partial charge in [-0.25, -0.2) is 0 Å². The standard InChI is InChI=1S/C13H15N3O4/c1-18-8-11-14-12(15-20-11)9-2-4-16(6-9)13(17)10-3-5-19-7-10/h3,5,7,9H,2,4,6,8H2,1H3. The molecule has 1 aliphatic heterocycles. The maximum absolute atomic E-state index is 12.2. The van der Waals surface area contributed by atoms with Crippen LogP contribution < -0.4 is 0 Å². The molecule has 106 valence electrons. The van der Waals surface area contributed by atoms with Gasteiger partial charge in [0.25, 0.3) is 11.8 Å². The zero-order chi connectivity index (χ0) is 13.9. The fourth-order valence-electron chi connectivity index (χ4n) is 2.34. The SMILES string of the molecule is COCc1nc(C2CCN(C(=O)c3ccoc3)C2)no1. The average molecular weight is 277 g/mol. The Morgan fingerprint density at radius 2 is 2.50 bits per heavy atom. The Hall–Kier alpha value is -2.15. The molecule has 3 rings (SSSR count). The van der Waals surface area contributed by atoms with Gasteiger partial charge in [-0.3, -0.25) is 4.79 Å². The average Bonchev–Trinajstić information content (AvgIpc) is 3.19. The lowest BCUT2D eigenvalue weighted by atomic mass is 10.1. The molecule has 1 saturated heterocycles. The number of furan rings is 1. The Balaban J connectivity index is 1.65. The summed E-state index contributed by atoms with van der Waals surface area (Å²) in [4.78, 5) is 18.2. The van der Waals surface area contributed by atoms with Crippen LogP contribution in [0.3, 0.4) is 0 Å². The van der Waals surface area contributed by atoms with Gasteiger partial charge in [0, 0.05) is 26.1 Å². The number of carbonyl (C=O) groups is 1. The van der Waals surface area contributed by atoms with Gasteiger partial charge in [0.2, 0.25) is 0 Å². The van der Waals surface area contributed by atoms with Crippen LogP contribution in [0.5, 0.6) is 0 Å². The summed E-state index contributed by atoms with van der Waals surface area (Å²) < 4.78 is 15.0. The highest BCUT2D eigenvalue weighted by Crippen LogP contribution is 2.26. The van der Waals surface area contributed by atoms with Crippen LogP contribution in [0.25, 0.3) is 0 Å². The number of nitrogens with zero attached hydrogens (tertiary/aromatic N) is 3. The van der Waals surface area contributed by atoms with Gasteiger partial charge in [0.05, 0.1) is 11.8 Å². The predicted molar refractivity (Wildman–Crippen MR) is 67.0 cm³/mol. The number of amides is 1. The summed E-state index contributed by atoms with van der Waals surface area (Å²) in [6.45, 7) is 1.58. The number of hydrogen-bond donors (Lipinski definition) is 0. The number of rotatable bonds is 4. The molecule has 7 heteroatoms. The van der Waals surface area contributed by atoms with Gasteiger partial charge in [-0.2, -0.15) is 4.98 Å². The molecule has 1 fully saturated rings. The molecule has 20 heavy (non-hydrogen) atoms. The molecule has 1 aliphatic rings. The second-order valence-electron chi connectivity index (χ2n) is 4.73. The molecule has 1 unspecified atom stereocenters. The van der Waals surface area contributed by atoms with Crippen molar-refractivity contribution in [2.24, 2.45) is 0 Å². The molecule has 0 saturated carbocycles. The van der Waals surface area contributed by atoms with Crippen molar-refractivity contribution in [2.75, 3.05) is 20.2 Å². The van der Waals surface area contributed by atoms with Gasteiger partial charge in [-0.05, 0) is 12.5 Å². The van der Waals surface area contributed by atoms with Gasteiger partial charge < -0.3 is 18.6 Å². The van der Waals surface area contributed by atoms with Crippen molar-refractivity contribution in [2.45, 2.75) is 18.9 Å². The smallest absolute Gasteiger partial charge is 0.257 e. The molecule has 7 nitrogen and oxygen atoms in total. The van der Waals surface area contributed by atoms with Crippen LogP contribution in [0.4, 0.5) is 0 Å². The second kappa shape index (κ2) is 5.46. The van der Waals surface area contributed by atoms with E-state index in [-0.39, 0.29) is 11.8 Å². The minimum absolute atomic E-state index is 0.0261. The normalized spacial score (nSPS) is 18.6. The Morgan fingerprint density at radius 3 is 3.25 bits per heavy atom. The topological polar surface area (TPSA) is 81.6 Å². The van der Waals surface area contributed by atoms with Gasteiger partial charge in [0.1, 0.15) is 12.9 Å². The van der Waals surface area contributed by atoms with Gasteiger partial charge in [-0.1, -0.05) is 5.16 Å². The Kier molecular flexibility index (Phi) is 3.51. The molecule has 0 aromatic carbocycles. The minimum atomic E-state index is -0.0261. The van der Waals surface area contributed by atoms with Crippen LogP contribution in [0.1, 0.15) is 34.4 Å². The van der Waals surface area contributed by atoms with E-state index in [0.29, 0.717) is 37.0 Å². The van der Waals surface area contributed by atoms with Crippen molar-refractivity contribution in [3.05, 3.63) is 35.9 Å². The van der Waals surface area contributed by atoms with Crippen molar-refractivity contribution in [1.82, 2.24) is 15.0 Å². The molecule has 2 aromatic heterocycles. The fraction of sp³-hybridized carbons (Fsp3) is 0.462. The number of ether oxygens (including phenoxy) is 1. The van der Waals surface area contributed by atoms with E-state index in [1.54, 1.807) is 18.1 Å². The van der Waals surface area contributed by atoms with E-state index in [1.807, 2.05) is 0 Å². The molecular weight excluding hydrogens is 262 g/mol. The zero-order valence-electron chi connectivity index (χ0n) is 11.1. The highest BCUT2D eigenvalue weighted by molar-refractivity contribution is 5.94. The molecule has 1 amide bonds. The highest BCUT2D eigenvalue weighted by atomic mass is 16.5. The monoisotopic (exact) mass is 277 g/mol. The first-order valence-electron chi connectivity index (χ1n) is 6.41. The van der Waals surface area contributed by atoms with Gasteiger partial charge >= 0.3 is 0 Å². The third-order valence-electron chi connectivity index (χ3n) is 3.36. The Bertz CT molecular complexity index is 578. The highest BCUT2D eigenvalue weighted by Gasteiger charge is 2.31. The molecule has 0 radical (unpaired) electrons. The van der Waals surface area contributed by atoms with Crippen molar-refractivity contribution in [1.29, 1.82) is 0 Å². The summed E-state index contributed by atoms with van der Waals surface area (Å²) in [7, 11) is 1.57. The quantitative estimate of drug-likeness (QED) is 0.841. The van der Waals surface area contributed by atoms with E-state index in [4.69, 9.17) is 13.7 Å². The summed E-state index contributed by atoms with van der Waals surface area (Å²) >= 11 is 0. The van der Waals surface area contributed by atoms with Crippen LogP contribution in [0, 0.1) is 0 Å². The summed E-state index contributed by atoms with van der Waals surface area (Å²) in [5.74, 6) is 1.18. The summed E-state index contributed by atoms with van der Waals surface area (Å²) in [6.07, 6.45) is 3.78. The number of aromatic nitrogens is 2. The molecular formula is C13H15N3O4. The lowest BCUT2D eigenvalue weighted by Crippen LogP contribution is -2.28. The maximum Gasteiger partial charge on any atom is 0.257 e. The first kappa shape index (κ1) is 12.9. The van der Waals surface area contributed by atoms with Crippen molar-refractivity contribution >= 4 is 5.91 Å². The van der Waals surface area contributed by atoms with E-state index in [9.17, 15) is 4.79 Å². The first-order chi connectivity index (χ1) is 9.78. The van der Waals surface area contributed by atoms with Crippen LogP contribution in [0.2, 0.25) is 0 Å². The maximum atomic E-state index is 12.2. The van der Waals surface area contributed by atoms with Crippen molar-refractivity contribution < 1.29 is 18.5 Å². The van der Waals surface area contributed by atoms with E-state index in [1.165, 1.54) is 12.5 Å². The summed E-state index contributed by atoms with van der Waals surface area (Å²) in [5.41, 5.74) is 0.568.